The third-order valence-corrected chi connectivity index (χ3v) is 7.84. The number of carbonyl (C=O) groups excluding carboxylic acids is 1. The van der Waals surface area contributed by atoms with Gasteiger partial charge in [0.05, 0.1) is 29.1 Å². The van der Waals surface area contributed by atoms with Gasteiger partial charge in [-0.2, -0.15) is 0 Å². The summed E-state index contributed by atoms with van der Waals surface area (Å²) in [5.74, 6) is 0.759. The van der Waals surface area contributed by atoms with E-state index in [0.717, 1.165) is 51.9 Å². The lowest BCUT2D eigenvalue weighted by molar-refractivity contribution is 0.0927. The van der Waals surface area contributed by atoms with Crippen LogP contribution >= 0.6 is 22.9 Å². The fourth-order valence-corrected chi connectivity index (χ4v) is 5.88. The molecule has 0 atom stereocenters. The maximum atomic E-state index is 13.4. The number of methoxy groups -OCH3 is 1. The Balaban J connectivity index is 1.57. The fraction of sp³-hybridized carbons (Fsp3) is 0.286. The maximum Gasteiger partial charge on any atom is 0.253 e. The van der Waals surface area contributed by atoms with Crippen LogP contribution in [0.4, 0.5) is 0 Å². The number of aromatic nitrogens is 2. The van der Waals surface area contributed by atoms with Crippen molar-refractivity contribution < 1.29 is 9.53 Å². The molecule has 180 valence electrons. The van der Waals surface area contributed by atoms with E-state index in [1.807, 2.05) is 66.9 Å². The molecule has 5 nitrogen and oxygen atoms in total. The molecular weight excluding hydrogens is 478 g/mol. The van der Waals surface area contributed by atoms with Gasteiger partial charge in [0, 0.05) is 28.4 Å². The molecule has 1 fully saturated rings. The van der Waals surface area contributed by atoms with Crippen molar-refractivity contribution in [2.45, 2.75) is 45.1 Å². The monoisotopic (exact) mass is 505 g/mol. The lowest BCUT2D eigenvalue weighted by atomic mass is 9.95. The molecule has 7 heteroatoms. The zero-order chi connectivity index (χ0) is 24.4. The smallest absolute Gasteiger partial charge is 0.253 e. The van der Waals surface area contributed by atoms with E-state index in [-0.39, 0.29) is 11.9 Å². The molecule has 1 amide bonds. The molecule has 5 rings (SSSR count). The molecule has 1 N–H and O–H groups in total. The number of ether oxygens (including phenoxy) is 1. The van der Waals surface area contributed by atoms with E-state index in [0.29, 0.717) is 10.6 Å². The van der Waals surface area contributed by atoms with Gasteiger partial charge >= 0.3 is 0 Å². The minimum absolute atomic E-state index is 0.0236. The number of hydrogen-bond acceptors (Lipinski definition) is 4. The number of benzene rings is 2. The summed E-state index contributed by atoms with van der Waals surface area (Å²) in [4.78, 5) is 18.3. The maximum absolute atomic E-state index is 13.4. The molecule has 0 radical (unpaired) electrons. The number of amides is 1. The Morgan fingerprint density at radius 2 is 1.86 bits per heavy atom. The van der Waals surface area contributed by atoms with E-state index >= 15 is 0 Å². The third-order valence-electron chi connectivity index (χ3n) is 6.63. The second-order valence-corrected chi connectivity index (χ2v) is 10.2. The van der Waals surface area contributed by atoms with Crippen LogP contribution < -0.4 is 10.1 Å². The Hall–Kier alpha value is -3.09. The van der Waals surface area contributed by atoms with Crippen LogP contribution in [0.2, 0.25) is 5.02 Å². The van der Waals surface area contributed by atoms with Crippen molar-refractivity contribution >= 4 is 28.8 Å². The number of nitrogens with zero attached hydrogens (tertiary/aromatic N) is 2. The van der Waals surface area contributed by atoms with E-state index in [9.17, 15) is 4.79 Å². The van der Waals surface area contributed by atoms with E-state index in [1.165, 1.54) is 19.3 Å². The van der Waals surface area contributed by atoms with E-state index in [1.54, 1.807) is 18.4 Å². The minimum Gasteiger partial charge on any atom is -0.497 e. The second kappa shape index (κ2) is 10.3. The van der Waals surface area contributed by atoms with Crippen LogP contribution in [0.15, 0.2) is 60.0 Å². The highest BCUT2D eigenvalue weighted by molar-refractivity contribution is 7.13. The molecule has 1 aliphatic carbocycles. The van der Waals surface area contributed by atoms with Crippen molar-refractivity contribution in [1.29, 1.82) is 0 Å². The largest absolute Gasteiger partial charge is 0.497 e. The fourth-order valence-electron chi connectivity index (χ4n) is 4.75. The molecule has 1 saturated carbocycles. The van der Waals surface area contributed by atoms with Gasteiger partial charge in [0.1, 0.15) is 10.8 Å². The van der Waals surface area contributed by atoms with Gasteiger partial charge in [-0.3, -0.25) is 4.79 Å². The second-order valence-electron chi connectivity index (χ2n) is 8.89. The van der Waals surface area contributed by atoms with Crippen LogP contribution in [0.3, 0.4) is 0 Å². The van der Waals surface area contributed by atoms with Crippen molar-refractivity contribution in [3.8, 4) is 33.4 Å². The van der Waals surface area contributed by atoms with Gasteiger partial charge in [-0.1, -0.05) is 49.1 Å². The van der Waals surface area contributed by atoms with E-state index in [2.05, 4.69) is 9.88 Å². The number of carbonyl (C=O) groups is 1. The standard InChI is InChI=1S/C28H28ClN3O2S/c1-18-23(27(33)30-19-8-4-3-5-9-19)16-26(32(18)20-12-14-21(34-2)15-13-20)25-17-35-28(31-25)22-10-6-7-11-24(22)29/h6-7,10-17,19H,3-5,8-9H2,1-2H3,(H,30,33). The Morgan fingerprint density at radius 1 is 1.11 bits per heavy atom. The molecule has 1 aliphatic rings. The predicted octanol–water partition coefficient (Wildman–Crippen LogP) is 7.30. The van der Waals surface area contributed by atoms with Gasteiger partial charge in [0.2, 0.25) is 0 Å². The van der Waals surface area contributed by atoms with E-state index < -0.39 is 0 Å². The van der Waals surface area contributed by atoms with E-state index in [4.69, 9.17) is 21.3 Å². The molecule has 0 bridgehead atoms. The predicted molar refractivity (Wildman–Crippen MR) is 143 cm³/mol. The highest BCUT2D eigenvalue weighted by Crippen LogP contribution is 2.36. The van der Waals surface area contributed by atoms with Crippen molar-refractivity contribution in [2.24, 2.45) is 0 Å². The average Bonchev–Trinajstić information content (AvgIpc) is 3.50. The van der Waals surface area contributed by atoms with Gasteiger partial charge in [-0.25, -0.2) is 4.98 Å². The van der Waals surface area contributed by atoms with Crippen molar-refractivity contribution in [3.63, 3.8) is 0 Å². The molecule has 0 spiro atoms. The van der Waals surface area contributed by atoms with Crippen molar-refractivity contribution in [1.82, 2.24) is 14.9 Å². The molecule has 35 heavy (non-hydrogen) atoms. The lowest BCUT2D eigenvalue weighted by Crippen LogP contribution is -2.36. The molecular formula is C28H28ClN3O2S. The Kier molecular flexibility index (Phi) is 6.93. The van der Waals surface area contributed by atoms with Gasteiger partial charge in [-0.05, 0) is 56.2 Å². The zero-order valence-corrected chi connectivity index (χ0v) is 21.5. The van der Waals surface area contributed by atoms with Crippen LogP contribution in [0.25, 0.3) is 27.6 Å². The quantitative estimate of drug-likeness (QED) is 0.299. The molecule has 4 aromatic rings. The number of rotatable bonds is 6. The Bertz CT molecular complexity index is 1340. The first kappa shape index (κ1) is 23.6. The summed E-state index contributed by atoms with van der Waals surface area (Å²) in [5.41, 5.74) is 5.08. The van der Waals surface area contributed by atoms with Crippen molar-refractivity contribution in [3.05, 3.63) is 76.3 Å². The highest BCUT2D eigenvalue weighted by atomic mass is 35.5. The summed E-state index contributed by atoms with van der Waals surface area (Å²) in [7, 11) is 1.65. The summed E-state index contributed by atoms with van der Waals surface area (Å²) in [6.07, 6.45) is 5.69. The summed E-state index contributed by atoms with van der Waals surface area (Å²) in [6.45, 7) is 1.99. The topological polar surface area (TPSA) is 56.2 Å². The first-order valence-corrected chi connectivity index (χ1v) is 13.2. The summed E-state index contributed by atoms with van der Waals surface area (Å²) >= 11 is 7.97. The van der Waals surface area contributed by atoms with Crippen LogP contribution in [-0.4, -0.2) is 28.6 Å². The third kappa shape index (κ3) is 4.86. The van der Waals surface area contributed by atoms with Gasteiger partial charge in [-0.15, -0.1) is 11.3 Å². The van der Waals surface area contributed by atoms with Crippen LogP contribution in [0.1, 0.15) is 48.2 Å². The molecule has 0 unspecified atom stereocenters. The van der Waals surface area contributed by atoms with Gasteiger partial charge in [0.15, 0.2) is 0 Å². The Morgan fingerprint density at radius 3 is 2.57 bits per heavy atom. The Labute approximate surface area is 214 Å². The van der Waals surface area contributed by atoms with Gasteiger partial charge < -0.3 is 14.6 Å². The average molecular weight is 506 g/mol. The lowest BCUT2D eigenvalue weighted by Gasteiger charge is -2.22. The first-order chi connectivity index (χ1) is 17.0. The molecule has 2 heterocycles. The van der Waals surface area contributed by atoms with Crippen LogP contribution in [0.5, 0.6) is 5.75 Å². The van der Waals surface area contributed by atoms with Gasteiger partial charge in [0.25, 0.3) is 5.91 Å². The molecule has 0 saturated heterocycles. The normalized spacial score (nSPS) is 14.1. The number of halogens is 1. The first-order valence-electron chi connectivity index (χ1n) is 11.9. The number of thiazole rings is 1. The zero-order valence-electron chi connectivity index (χ0n) is 19.9. The molecule has 2 aromatic heterocycles. The van der Waals surface area contributed by atoms with Crippen molar-refractivity contribution in [2.75, 3.05) is 7.11 Å². The minimum atomic E-state index is -0.0236. The number of nitrogens with one attached hydrogen (secondary N) is 1. The van der Waals surface area contributed by atoms with Crippen LogP contribution in [0, 0.1) is 6.92 Å². The summed E-state index contributed by atoms with van der Waals surface area (Å²) < 4.78 is 7.44. The SMILES string of the molecule is COc1ccc(-n2c(-c3csc(-c4ccccc4Cl)n3)cc(C(=O)NC3CCCCC3)c2C)cc1. The molecule has 0 aliphatic heterocycles. The highest BCUT2D eigenvalue weighted by Gasteiger charge is 2.24. The molecule has 2 aromatic carbocycles. The summed E-state index contributed by atoms with van der Waals surface area (Å²) in [6, 6.07) is 17.8. The number of hydrogen-bond donors (Lipinski definition) is 1. The summed E-state index contributed by atoms with van der Waals surface area (Å²) in [5, 5.41) is 6.81. The van der Waals surface area contributed by atoms with Crippen LogP contribution in [-0.2, 0) is 0 Å².